The number of halogens is 2. The Morgan fingerprint density at radius 3 is 3.00 bits per heavy atom. The fraction of sp³-hybridized carbons (Fsp3) is 0. The van der Waals surface area contributed by atoms with E-state index in [2.05, 4.69) is 10.2 Å². The average molecular weight is 221 g/mol. The standard InChI is InChI=1S/C6H2Cl2N2OS/c7-3-2-1-9-10-6(2)12-4(3)5(8)11/h1H,(H,9,10). The molecule has 0 aliphatic heterocycles. The summed E-state index contributed by atoms with van der Waals surface area (Å²) in [6, 6.07) is 0. The van der Waals surface area contributed by atoms with Gasteiger partial charge in [0.1, 0.15) is 9.71 Å². The number of hydrogen-bond acceptors (Lipinski definition) is 3. The molecule has 1 N–H and O–H groups in total. The zero-order valence-corrected chi connectivity index (χ0v) is 7.93. The van der Waals surface area contributed by atoms with Crippen LogP contribution in [0, 0.1) is 0 Å². The van der Waals surface area contributed by atoms with E-state index in [9.17, 15) is 4.79 Å². The Hall–Kier alpha value is -0.580. The smallest absolute Gasteiger partial charge is 0.263 e. The second kappa shape index (κ2) is 2.73. The minimum absolute atomic E-state index is 0.363. The molecule has 2 heterocycles. The number of hydrogen-bond donors (Lipinski definition) is 1. The minimum Gasteiger partial charge on any atom is -0.275 e. The highest BCUT2D eigenvalue weighted by atomic mass is 35.5. The highest BCUT2D eigenvalue weighted by Gasteiger charge is 2.15. The number of thiophene rings is 1. The second-order valence-corrected chi connectivity index (χ2v) is 3.87. The summed E-state index contributed by atoms with van der Waals surface area (Å²) in [5.41, 5.74) is 0. The van der Waals surface area contributed by atoms with Crippen molar-refractivity contribution in [3.05, 3.63) is 16.1 Å². The van der Waals surface area contributed by atoms with Crippen molar-refractivity contribution in [1.82, 2.24) is 10.2 Å². The zero-order valence-electron chi connectivity index (χ0n) is 5.60. The number of nitrogens with one attached hydrogen (secondary N) is 1. The predicted molar refractivity (Wildman–Crippen MR) is 49.2 cm³/mol. The summed E-state index contributed by atoms with van der Waals surface area (Å²) >= 11 is 12.3. The van der Waals surface area contributed by atoms with Gasteiger partial charge in [-0.25, -0.2) is 0 Å². The molecule has 0 atom stereocenters. The molecule has 0 unspecified atom stereocenters. The van der Waals surface area contributed by atoms with E-state index >= 15 is 0 Å². The van der Waals surface area contributed by atoms with Crippen LogP contribution in [0.4, 0.5) is 0 Å². The monoisotopic (exact) mass is 220 g/mol. The lowest BCUT2D eigenvalue weighted by Gasteiger charge is -1.84. The third kappa shape index (κ3) is 1.03. The van der Waals surface area contributed by atoms with Gasteiger partial charge in [0.05, 0.1) is 16.6 Å². The molecule has 6 heteroatoms. The number of aromatic nitrogens is 2. The first-order valence-electron chi connectivity index (χ1n) is 3.01. The summed E-state index contributed by atoms with van der Waals surface area (Å²) in [6.07, 6.45) is 1.57. The molecule has 0 amide bonds. The summed E-state index contributed by atoms with van der Waals surface area (Å²) in [5, 5.41) is 7.07. The van der Waals surface area contributed by atoms with Gasteiger partial charge in [0, 0.05) is 0 Å². The fourth-order valence-corrected chi connectivity index (χ4v) is 2.41. The van der Waals surface area contributed by atoms with Crippen LogP contribution in [-0.4, -0.2) is 15.4 Å². The van der Waals surface area contributed by atoms with Crippen molar-refractivity contribution >= 4 is 50.0 Å². The third-order valence-electron chi connectivity index (χ3n) is 1.42. The molecule has 62 valence electrons. The van der Waals surface area contributed by atoms with E-state index in [1.165, 1.54) is 11.3 Å². The number of aromatic amines is 1. The van der Waals surface area contributed by atoms with Crippen molar-refractivity contribution in [3.8, 4) is 0 Å². The number of rotatable bonds is 1. The summed E-state index contributed by atoms with van der Waals surface area (Å²) in [6.45, 7) is 0. The summed E-state index contributed by atoms with van der Waals surface area (Å²) in [7, 11) is 0. The first kappa shape index (κ1) is 8.04. The van der Waals surface area contributed by atoms with Crippen molar-refractivity contribution in [2.45, 2.75) is 0 Å². The third-order valence-corrected chi connectivity index (χ3v) is 3.34. The van der Waals surface area contributed by atoms with Crippen molar-refractivity contribution in [2.24, 2.45) is 0 Å². The maximum atomic E-state index is 10.8. The summed E-state index contributed by atoms with van der Waals surface area (Å²) < 4.78 is 0. The van der Waals surface area contributed by atoms with Crippen LogP contribution in [0.15, 0.2) is 6.20 Å². The molecule has 2 aromatic rings. The van der Waals surface area contributed by atoms with Crippen LogP contribution in [0.1, 0.15) is 9.67 Å². The molecule has 0 bridgehead atoms. The van der Waals surface area contributed by atoms with E-state index in [4.69, 9.17) is 23.2 Å². The highest BCUT2D eigenvalue weighted by Crippen LogP contribution is 2.34. The number of nitrogens with zero attached hydrogens (tertiary/aromatic N) is 1. The highest BCUT2D eigenvalue weighted by molar-refractivity contribution is 7.22. The van der Waals surface area contributed by atoms with Crippen LogP contribution in [0.2, 0.25) is 5.02 Å². The molecule has 0 aliphatic rings. The second-order valence-electron chi connectivity index (χ2n) is 2.13. The fourth-order valence-electron chi connectivity index (χ4n) is 0.904. The molecule has 0 radical (unpaired) electrons. The number of carbonyl (C=O) groups is 1. The zero-order chi connectivity index (χ0) is 8.72. The Labute approximate surface area is 81.3 Å². The van der Waals surface area contributed by atoms with Crippen LogP contribution < -0.4 is 0 Å². The van der Waals surface area contributed by atoms with Crippen LogP contribution in [-0.2, 0) is 0 Å². The molecule has 0 aliphatic carbocycles. The Kier molecular flexibility index (Phi) is 1.83. The van der Waals surface area contributed by atoms with Gasteiger partial charge in [-0.05, 0) is 11.6 Å². The lowest BCUT2D eigenvalue weighted by Crippen LogP contribution is -1.81. The van der Waals surface area contributed by atoms with E-state index in [1.807, 2.05) is 0 Å². The molecule has 3 nitrogen and oxygen atoms in total. The van der Waals surface area contributed by atoms with E-state index in [1.54, 1.807) is 6.20 Å². The van der Waals surface area contributed by atoms with Gasteiger partial charge in [0.15, 0.2) is 0 Å². The Bertz CT molecular complexity index is 447. The van der Waals surface area contributed by atoms with Crippen LogP contribution in [0.3, 0.4) is 0 Å². The van der Waals surface area contributed by atoms with Crippen molar-refractivity contribution in [2.75, 3.05) is 0 Å². The SMILES string of the molecule is O=C(Cl)c1sc2[nH]ncc2c1Cl. The van der Waals surface area contributed by atoms with E-state index in [0.29, 0.717) is 9.90 Å². The van der Waals surface area contributed by atoms with Crippen LogP contribution >= 0.6 is 34.5 Å². The molecule has 12 heavy (non-hydrogen) atoms. The Morgan fingerprint density at radius 2 is 2.42 bits per heavy atom. The largest absolute Gasteiger partial charge is 0.275 e. The lowest BCUT2D eigenvalue weighted by molar-refractivity contribution is 0.108. The normalized spacial score (nSPS) is 10.8. The maximum Gasteiger partial charge on any atom is 0.263 e. The van der Waals surface area contributed by atoms with Crippen molar-refractivity contribution < 1.29 is 4.79 Å². The van der Waals surface area contributed by atoms with Gasteiger partial charge in [0.25, 0.3) is 5.24 Å². The number of carbonyl (C=O) groups excluding carboxylic acids is 1. The van der Waals surface area contributed by atoms with E-state index in [0.717, 1.165) is 10.2 Å². The van der Waals surface area contributed by atoms with Gasteiger partial charge >= 0.3 is 0 Å². The molecule has 0 saturated heterocycles. The van der Waals surface area contributed by atoms with Crippen molar-refractivity contribution in [1.29, 1.82) is 0 Å². The average Bonchev–Trinajstić information content (AvgIpc) is 2.53. The molecule has 0 aromatic carbocycles. The molecule has 2 rings (SSSR count). The van der Waals surface area contributed by atoms with E-state index < -0.39 is 5.24 Å². The van der Waals surface area contributed by atoms with Gasteiger partial charge in [-0.3, -0.25) is 9.89 Å². The van der Waals surface area contributed by atoms with Crippen LogP contribution in [0.5, 0.6) is 0 Å². The van der Waals surface area contributed by atoms with Gasteiger partial charge in [0.2, 0.25) is 0 Å². The maximum absolute atomic E-state index is 10.8. The molecule has 0 spiro atoms. The first-order valence-corrected chi connectivity index (χ1v) is 4.58. The topological polar surface area (TPSA) is 45.8 Å². The minimum atomic E-state index is -0.533. The van der Waals surface area contributed by atoms with Crippen molar-refractivity contribution in [3.63, 3.8) is 0 Å². The molecule has 2 aromatic heterocycles. The number of fused-ring (bicyclic) bond motifs is 1. The quantitative estimate of drug-likeness (QED) is 0.752. The van der Waals surface area contributed by atoms with Gasteiger partial charge in [-0.15, -0.1) is 11.3 Å². The number of H-pyrrole nitrogens is 1. The van der Waals surface area contributed by atoms with Gasteiger partial charge in [-0.2, -0.15) is 5.10 Å². The van der Waals surface area contributed by atoms with E-state index in [-0.39, 0.29) is 0 Å². The Morgan fingerprint density at radius 1 is 1.67 bits per heavy atom. The molecule has 0 saturated carbocycles. The van der Waals surface area contributed by atoms with Crippen LogP contribution in [0.25, 0.3) is 10.2 Å². The van der Waals surface area contributed by atoms with Gasteiger partial charge < -0.3 is 0 Å². The lowest BCUT2D eigenvalue weighted by atomic mass is 10.4. The first-order chi connectivity index (χ1) is 5.70. The van der Waals surface area contributed by atoms with Gasteiger partial charge in [-0.1, -0.05) is 11.6 Å². The summed E-state index contributed by atoms with van der Waals surface area (Å²) in [4.78, 5) is 11.9. The Balaban J connectivity index is 2.78. The predicted octanol–water partition coefficient (Wildman–Crippen LogP) is 2.66. The molecular weight excluding hydrogens is 219 g/mol. The molecule has 0 fully saturated rings. The summed E-state index contributed by atoms with van der Waals surface area (Å²) in [5.74, 6) is 0. The molecular formula is C6H2Cl2N2OS.